The third-order valence-corrected chi connectivity index (χ3v) is 2.70. The van der Waals surface area contributed by atoms with Crippen LogP contribution in [0.3, 0.4) is 0 Å². The smallest absolute Gasteiger partial charge is 0.119 e. The Balaban J connectivity index is 2.25. The van der Waals surface area contributed by atoms with Gasteiger partial charge in [0.2, 0.25) is 0 Å². The van der Waals surface area contributed by atoms with Crippen molar-refractivity contribution in [3.63, 3.8) is 0 Å². The lowest BCUT2D eigenvalue weighted by atomic mass is 10.1. The molecule has 0 aromatic heterocycles. The maximum atomic E-state index is 5.21. The Hall–Kier alpha value is -1.24. The van der Waals surface area contributed by atoms with E-state index in [1.165, 1.54) is 24.0 Å². The van der Waals surface area contributed by atoms with Gasteiger partial charge in [-0.3, -0.25) is 0 Å². The lowest BCUT2D eigenvalue weighted by Crippen LogP contribution is -1.87. The highest BCUT2D eigenvalue weighted by Crippen LogP contribution is 2.30. The van der Waals surface area contributed by atoms with Crippen molar-refractivity contribution in [3.05, 3.63) is 34.9 Å². The topological polar surface area (TPSA) is 9.23 Å². The zero-order valence-corrected chi connectivity index (χ0v) is 8.84. The Labute approximate surface area is 85.4 Å². The van der Waals surface area contributed by atoms with Crippen LogP contribution in [-0.4, -0.2) is 7.11 Å². The molecule has 14 heavy (non-hydrogen) atoms. The average Bonchev–Trinajstić information content (AvgIpc) is 2.59. The maximum Gasteiger partial charge on any atom is 0.119 e. The summed E-state index contributed by atoms with van der Waals surface area (Å²) in [5.74, 6) is 0.956. The molecule has 1 aliphatic carbocycles. The zero-order valence-electron chi connectivity index (χ0n) is 8.84. The minimum Gasteiger partial charge on any atom is -0.497 e. The van der Waals surface area contributed by atoms with Crippen LogP contribution in [0.1, 0.15) is 30.9 Å². The van der Waals surface area contributed by atoms with Gasteiger partial charge in [-0.1, -0.05) is 31.1 Å². The molecule has 0 atom stereocenters. The molecule has 74 valence electrons. The van der Waals surface area contributed by atoms with Crippen molar-refractivity contribution in [2.45, 2.75) is 26.2 Å². The Morgan fingerprint density at radius 1 is 1.36 bits per heavy atom. The van der Waals surface area contributed by atoms with Gasteiger partial charge in [0.05, 0.1) is 7.11 Å². The fourth-order valence-corrected chi connectivity index (χ4v) is 1.99. The minimum atomic E-state index is 0.956. The molecule has 0 bridgehead atoms. The van der Waals surface area contributed by atoms with E-state index in [0.717, 1.165) is 12.2 Å². The molecule has 0 spiro atoms. The van der Waals surface area contributed by atoms with Gasteiger partial charge >= 0.3 is 0 Å². The van der Waals surface area contributed by atoms with Crippen molar-refractivity contribution >= 4 is 6.08 Å². The van der Waals surface area contributed by atoms with Crippen molar-refractivity contribution in [2.75, 3.05) is 7.11 Å². The Morgan fingerprint density at radius 3 is 2.93 bits per heavy atom. The second kappa shape index (κ2) is 3.87. The molecule has 1 nitrogen and oxygen atoms in total. The van der Waals surface area contributed by atoms with E-state index in [1.807, 2.05) is 6.07 Å². The lowest BCUT2D eigenvalue weighted by molar-refractivity contribution is 0.414. The molecule has 0 radical (unpaired) electrons. The predicted octanol–water partition coefficient (Wildman–Crippen LogP) is 3.43. The highest BCUT2D eigenvalue weighted by molar-refractivity contribution is 5.65. The molecule has 0 aliphatic heterocycles. The van der Waals surface area contributed by atoms with Gasteiger partial charge in [0, 0.05) is 0 Å². The first-order valence-electron chi connectivity index (χ1n) is 5.20. The van der Waals surface area contributed by atoms with Crippen LogP contribution in [0.2, 0.25) is 0 Å². The average molecular weight is 188 g/mol. The second-order valence-electron chi connectivity index (χ2n) is 3.79. The number of rotatable bonds is 3. The van der Waals surface area contributed by atoms with E-state index in [9.17, 15) is 0 Å². The van der Waals surface area contributed by atoms with Gasteiger partial charge in [-0.25, -0.2) is 0 Å². The van der Waals surface area contributed by atoms with E-state index < -0.39 is 0 Å². The number of hydrogen-bond donors (Lipinski definition) is 0. The summed E-state index contributed by atoms with van der Waals surface area (Å²) in [6, 6.07) is 6.34. The number of allylic oxidation sites excluding steroid dienone is 1. The highest BCUT2D eigenvalue weighted by atomic mass is 16.5. The molecule has 0 amide bonds. The van der Waals surface area contributed by atoms with Gasteiger partial charge in [0.25, 0.3) is 0 Å². The van der Waals surface area contributed by atoms with Crippen molar-refractivity contribution in [3.8, 4) is 5.75 Å². The van der Waals surface area contributed by atoms with Crippen LogP contribution < -0.4 is 4.74 Å². The molecule has 1 heteroatoms. The van der Waals surface area contributed by atoms with Crippen molar-refractivity contribution < 1.29 is 4.74 Å². The summed E-state index contributed by atoms with van der Waals surface area (Å²) in [6.45, 7) is 2.23. The number of fused-ring (bicyclic) bond motifs is 1. The van der Waals surface area contributed by atoms with Gasteiger partial charge in [0.15, 0.2) is 0 Å². The van der Waals surface area contributed by atoms with Crippen molar-refractivity contribution in [1.82, 2.24) is 0 Å². The van der Waals surface area contributed by atoms with E-state index in [0.29, 0.717) is 0 Å². The quantitative estimate of drug-likeness (QED) is 0.706. The Bertz CT molecular complexity index is 363. The van der Waals surface area contributed by atoms with Crippen LogP contribution in [0, 0.1) is 0 Å². The third-order valence-electron chi connectivity index (χ3n) is 2.70. The van der Waals surface area contributed by atoms with Gasteiger partial charge < -0.3 is 4.74 Å². The first-order chi connectivity index (χ1) is 6.83. The van der Waals surface area contributed by atoms with E-state index in [4.69, 9.17) is 4.74 Å². The molecule has 0 saturated carbocycles. The molecule has 0 unspecified atom stereocenters. The third kappa shape index (κ3) is 1.67. The van der Waals surface area contributed by atoms with Crippen LogP contribution in [-0.2, 0) is 6.42 Å². The van der Waals surface area contributed by atoms with Crippen LogP contribution >= 0.6 is 0 Å². The minimum absolute atomic E-state index is 0.956. The highest BCUT2D eigenvalue weighted by Gasteiger charge is 2.12. The summed E-state index contributed by atoms with van der Waals surface area (Å²) < 4.78 is 5.21. The number of hydrogen-bond acceptors (Lipinski definition) is 1. The van der Waals surface area contributed by atoms with Gasteiger partial charge in [0.1, 0.15) is 5.75 Å². The van der Waals surface area contributed by atoms with Crippen LogP contribution in [0.15, 0.2) is 23.8 Å². The molecule has 0 fully saturated rings. The number of methoxy groups -OCH3 is 1. The lowest BCUT2D eigenvalue weighted by Gasteiger charge is -2.02. The van der Waals surface area contributed by atoms with E-state index in [2.05, 4.69) is 25.1 Å². The molecule has 0 heterocycles. The summed E-state index contributed by atoms with van der Waals surface area (Å²) in [7, 11) is 1.72. The summed E-state index contributed by atoms with van der Waals surface area (Å²) >= 11 is 0. The van der Waals surface area contributed by atoms with Gasteiger partial charge in [-0.2, -0.15) is 0 Å². The summed E-state index contributed by atoms with van der Waals surface area (Å²) in [5, 5.41) is 0. The monoisotopic (exact) mass is 188 g/mol. The van der Waals surface area contributed by atoms with Gasteiger partial charge in [-0.05, 0) is 36.1 Å². The van der Waals surface area contributed by atoms with E-state index in [-0.39, 0.29) is 0 Å². The normalized spacial score (nSPS) is 13.7. The summed E-state index contributed by atoms with van der Waals surface area (Å²) in [4.78, 5) is 0. The first kappa shape index (κ1) is 9.32. The molecular formula is C13H16O. The summed E-state index contributed by atoms with van der Waals surface area (Å²) in [5.41, 5.74) is 4.33. The van der Waals surface area contributed by atoms with Crippen LogP contribution in [0.25, 0.3) is 6.08 Å². The van der Waals surface area contributed by atoms with Crippen molar-refractivity contribution in [1.29, 1.82) is 0 Å². The first-order valence-corrected chi connectivity index (χ1v) is 5.20. The molecule has 0 saturated heterocycles. The SMILES string of the molecule is CCCC1=Cc2cc(OC)ccc2C1. The number of benzene rings is 1. The molecule has 0 N–H and O–H groups in total. The van der Waals surface area contributed by atoms with Gasteiger partial charge in [-0.15, -0.1) is 0 Å². The molecule has 2 rings (SSSR count). The fourth-order valence-electron chi connectivity index (χ4n) is 1.99. The Morgan fingerprint density at radius 2 is 2.21 bits per heavy atom. The van der Waals surface area contributed by atoms with Crippen LogP contribution in [0.5, 0.6) is 5.75 Å². The van der Waals surface area contributed by atoms with Crippen molar-refractivity contribution in [2.24, 2.45) is 0 Å². The van der Waals surface area contributed by atoms with E-state index >= 15 is 0 Å². The largest absolute Gasteiger partial charge is 0.497 e. The molecular weight excluding hydrogens is 172 g/mol. The fraction of sp³-hybridized carbons (Fsp3) is 0.385. The van der Waals surface area contributed by atoms with E-state index in [1.54, 1.807) is 12.7 Å². The van der Waals surface area contributed by atoms with Crippen LogP contribution in [0.4, 0.5) is 0 Å². The molecule has 1 aromatic carbocycles. The summed E-state index contributed by atoms with van der Waals surface area (Å²) in [6.07, 6.45) is 5.89. The predicted molar refractivity (Wildman–Crippen MR) is 59.6 cm³/mol. The Kier molecular flexibility index (Phi) is 2.58. The molecule has 1 aliphatic rings. The zero-order chi connectivity index (χ0) is 9.97. The maximum absolute atomic E-state index is 5.21. The second-order valence-corrected chi connectivity index (χ2v) is 3.79. The molecule has 1 aromatic rings. The number of ether oxygens (including phenoxy) is 1. The standard InChI is InChI=1S/C13H16O/c1-3-4-10-7-11-5-6-13(14-2)9-12(11)8-10/h5-6,8-9H,3-4,7H2,1-2H3.